The predicted octanol–water partition coefficient (Wildman–Crippen LogP) is 3.07. The van der Waals surface area contributed by atoms with Crippen LogP contribution < -0.4 is 5.73 Å². The van der Waals surface area contributed by atoms with E-state index in [9.17, 15) is 0 Å². The first-order valence-corrected chi connectivity index (χ1v) is 5.50. The number of aryl methyl sites for hydroxylation is 1. The maximum absolute atomic E-state index is 5.93. The minimum Gasteiger partial charge on any atom is -0.454 e. The molecule has 0 atom stereocenters. The van der Waals surface area contributed by atoms with E-state index in [-0.39, 0.29) is 0 Å². The van der Waals surface area contributed by atoms with Gasteiger partial charge >= 0.3 is 0 Å². The van der Waals surface area contributed by atoms with Gasteiger partial charge in [-0.25, -0.2) is 0 Å². The van der Waals surface area contributed by atoms with Gasteiger partial charge in [0.15, 0.2) is 5.76 Å². The van der Waals surface area contributed by atoms with E-state index in [1.54, 1.807) is 16.9 Å². The number of rotatable bonds is 1. The Bertz CT molecular complexity index is 679. The average molecular weight is 248 g/mol. The fourth-order valence-corrected chi connectivity index (χ4v) is 2.07. The Balaban J connectivity index is 2.25. The molecule has 0 amide bonds. The molecule has 3 rings (SSSR count). The van der Waals surface area contributed by atoms with Gasteiger partial charge < -0.3 is 10.2 Å². The van der Waals surface area contributed by atoms with Crippen LogP contribution in [0.15, 0.2) is 34.9 Å². The molecule has 3 aromatic rings. The van der Waals surface area contributed by atoms with Crippen molar-refractivity contribution in [2.45, 2.75) is 0 Å². The highest BCUT2D eigenvalue weighted by Crippen LogP contribution is 2.31. The zero-order valence-electron chi connectivity index (χ0n) is 9.14. The molecule has 0 aliphatic rings. The molecule has 0 unspecified atom stereocenters. The first-order valence-electron chi connectivity index (χ1n) is 5.12. The second-order valence-electron chi connectivity index (χ2n) is 3.86. The lowest BCUT2D eigenvalue weighted by Crippen LogP contribution is -1.94. The lowest BCUT2D eigenvalue weighted by atomic mass is 10.2. The van der Waals surface area contributed by atoms with Crippen molar-refractivity contribution in [2.24, 2.45) is 7.05 Å². The molecule has 2 aromatic heterocycles. The Morgan fingerprint density at radius 1 is 1.35 bits per heavy atom. The summed E-state index contributed by atoms with van der Waals surface area (Å²) in [6.45, 7) is 0. The number of fused-ring (bicyclic) bond motifs is 1. The van der Waals surface area contributed by atoms with Crippen LogP contribution in [-0.2, 0) is 7.05 Å². The molecule has 0 saturated heterocycles. The molecule has 5 heteroatoms. The number of furan rings is 1. The summed E-state index contributed by atoms with van der Waals surface area (Å²) in [5.74, 6) is 0.694. The number of nitrogens with two attached hydrogens (primary N) is 1. The minimum atomic E-state index is 0.595. The van der Waals surface area contributed by atoms with Crippen LogP contribution in [0.5, 0.6) is 0 Å². The molecule has 1 aromatic carbocycles. The lowest BCUT2D eigenvalue weighted by molar-refractivity contribution is 0.618. The largest absolute Gasteiger partial charge is 0.454 e. The fourth-order valence-electron chi connectivity index (χ4n) is 1.89. The van der Waals surface area contributed by atoms with Gasteiger partial charge in [0.25, 0.3) is 0 Å². The van der Waals surface area contributed by atoms with Crippen LogP contribution in [-0.4, -0.2) is 9.78 Å². The molecular weight excluding hydrogens is 238 g/mol. The number of nitrogen functional groups attached to an aromatic ring is 1. The van der Waals surface area contributed by atoms with Gasteiger partial charge in [0.05, 0.1) is 11.9 Å². The van der Waals surface area contributed by atoms with E-state index in [1.807, 2.05) is 25.2 Å². The van der Waals surface area contributed by atoms with Crippen molar-refractivity contribution < 1.29 is 4.42 Å². The van der Waals surface area contributed by atoms with E-state index in [0.29, 0.717) is 16.5 Å². The summed E-state index contributed by atoms with van der Waals surface area (Å²) in [5, 5.41) is 5.72. The van der Waals surface area contributed by atoms with Gasteiger partial charge in [0.2, 0.25) is 0 Å². The van der Waals surface area contributed by atoms with Crippen LogP contribution in [0.3, 0.4) is 0 Å². The van der Waals surface area contributed by atoms with Crippen molar-refractivity contribution in [3.8, 4) is 11.5 Å². The van der Waals surface area contributed by atoms with Crippen LogP contribution in [0.1, 0.15) is 0 Å². The zero-order chi connectivity index (χ0) is 12.0. The number of benzene rings is 1. The highest BCUT2D eigenvalue weighted by Gasteiger charge is 2.13. The third kappa shape index (κ3) is 1.57. The summed E-state index contributed by atoms with van der Waals surface area (Å²) in [5.41, 5.74) is 8.01. The molecule has 2 N–H and O–H groups in total. The van der Waals surface area contributed by atoms with Gasteiger partial charge in [-0.3, -0.25) is 4.68 Å². The molecule has 0 aliphatic carbocycles. The topological polar surface area (TPSA) is 57.0 Å². The number of nitrogens with zero attached hydrogens (tertiary/aromatic N) is 2. The van der Waals surface area contributed by atoms with E-state index in [1.165, 1.54) is 0 Å². The van der Waals surface area contributed by atoms with Crippen LogP contribution in [0.4, 0.5) is 5.69 Å². The Hall–Kier alpha value is -1.94. The number of aromatic nitrogens is 2. The lowest BCUT2D eigenvalue weighted by Gasteiger charge is -1.98. The molecule has 2 heterocycles. The summed E-state index contributed by atoms with van der Waals surface area (Å²) in [4.78, 5) is 0. The summed E-state index contributed by atoms with van der Waals surface area (Å²) >= 11 is 5.93. The second kappa shape index (κ2) is 3.53. The van der Waals surface area contributed by atoms with Gasteiger partial charge in [-0.05, 0) is 24.3 Å². The summed E-state index contributed by atoms with van der Waals surface area (Å²) in [6, 6.07) is 7.41. The van der Waals surface area contributed by atoms with Crippen molar-refractivity contribution in [3.05, 3.63) is 35.5 Å². The average Bonchev–Trinajstić information content (AvgIpc) is 2.81. The number of hydrogen-bond acceptors (Lipinski definition) is 3. The van der Waals surface area contributed by atoms with Crippen molar-refractivity contribution in [1.82, 2.24) is 9.78 Å². The molecule has 17 heavy (non-hydrogen) atoms. The van der Waals surface area contributed by atoms with E-state index < -0.39 is 0 Å². The molecule has 0 saturated carbocycles. The summed E-state index contributed by atoms with van der Waals surface area (Å²) in [7, 11) is 1.83. The van der Waals surface area contributed by atoms with Crippen molar-refractivity contribution in [1.29, 1.82) is 0 Å². The molecule has 86 valence electrons. The van der Waals surface area contributed by atoms with E-state index >= 15 is 0 Å². The Kier molecular flexibility index (Phi) is 2.12. The third-order valence-corrected chi connectivity index (χ3v) is 2.91. The highest BCUT2D eigenvalue weighted by atomic mass is 35.5. The molecule has 0 radical (unpaired) electrons. The van der Waals surface area contributed by atoms with Crippen LogP contribution in [0, 0.1) is 0 Å². The second-order valence-corrected chi connectivity index (χ2v) is 4.30. The van der Waals surface area contributed by atoms with Gasteiger partial charge in [-0.15, -0.1) is 0 Å². The quantitative estimate of drug-likeness (QED) is 0.719. The maximum atomic E-state index is 5.93. The smallest absolute Gasteiger partial charge is 0.155 e. The number of anilines is 1. The molecule has 0 spiro atoms. The van der Waals surface area contributed by atoms with E-state index in [2.05, 4.69) is 5.10 Å². The van der Waals surface area contributed by atoms with E-state index in [0.717, 1.165) is 16.7 Å². The summed E-state index contributed by atoms with van der Waals surface area (Å²) < 4.78 is 7.42. The molecule has 0 aliphatic heterocycles. The van der Waals surface area contributed by atoms with Crippen LogP contribution >= 0.6 is 11.6 Å². The SMILES string of the molecule is Cn1ncc(N)c1-c1cc2cc(Cl)ccc2o1. The van der Waals surface area contributed by atoms with Crippen LogP contribution in [0.25, 0.3) is 22.4 Å². The van der Waals surface area contributed by atoms with Gasteiger partial charge in [-0.1, -0.05) is 11.6 Å². The highest BCUT2D eigenvalue weighted by molar-refractivity contribution is 6.31. The van der Waals surface area contributed by atoms with Crippen molar-refractivity contribution in [2.75, 3.05) is 5.73 Å². The normalized spacial score (nSPS) is 11.2. The minimum absolute atomic E-state index is 0.595. The molecular formula is C12H10ClN3O. The number of halogens is 1. The van der Waals surface area contributed by atoms with Crippen molar-refractivity contribution >= 4 is 28.3 Å². The Morgan fingerprint density at radius 3 is 2.88 bits per heavy atom. The first kappa shape index (κ1) is 10.2. The summed E-state index contributed by atoms with van der Waals surface area (Å²) in [6.07, 6.45) is 1.61. The predicted molar refractivity (Wildman–Crippen MR) is 67.8 cm³/mol. The first-order chi connectivity index (χ1) is 8.15. The molecule has 0 bridgehead atoms. The molecule has 4 nitrogen and oxygen atoms in total. The fraction of sp³-hybridized carbons (Fsp3) is 0.0833. The molecule has 0 fully saturated rings. The standard InChI is InChI=1S/C12H10ClN3O/c1-16-12(9(14)6-15-16)11-5-7-4-8(13)2-3-10(7)17-11/h2-6H,14H2,1H3. The maximum Gasteiger partial charge on any atom is 0.155 e. The Labute approximate surface area is 103 Å². The Morgan fingerprint density at radius 2 is 2.18 bits per heavy atom. The monoisotopic (exact) mass is 247 g/mol. The zero-order valence-corrected chi connectivity index (χ0v) is 9.90. The van der Waals surface area contributed by atoms with Gasteiger partial charge in [0.1, 0.15) is 11.3 Å². The third-order valence-electron chi connectivity index (χ3n) is 2.68. The number of hydrogen-bond donors (Lipinski definition) is 1. The van der Waals surface area contributed by atoms with Crippen molar-refractivity contribution in [3.63, 3.8) is 0 Å². The van der Waals surface area contributed by atoms with E-state index in [4.69, 9.17) is 21.8 Å². The van der Waals surface area contributed by atoms with Gasteiger partial charge in [0, 0.05) is 17.5 Å². The van der Waals surface area contributed by atoms with Crippen LogP contribution in [0.2, 0.25) is 5.02 Å². The van der Waals surface area contributed by atoms with Gasteiger partial charge in [-0.2, -0.15) is 5.10 Å².